The predicted molar refractivity (Wildman–Crippen MR) is 75.3 cm³/mol. The molecule has 0 amide bonds. The summed E-state index contributed by atoms with van der Waals surface area (Å²) in [6.07, 6.45) is -2.34. The molecule has 7 nitrogen and oxygen atoms in total. The molecule has 0 bridgehead atoms. The molecule has 3 aliphatic heterocycles. The summed E-state index contributed by atoms with van der Waals surface area (Å²) in [4.78, 5) is 11.6. The fourth-order valence-electron chi connectivity index (χ4n) is 2.44. The molecule has 112 valence electrons. The highest BCUT2D eigenvalue weighted by molar-refractivity contribution is 7.71. The van der Waals surface area contributed by atoms with E-state index in [2.05, 4.69) is 15.0 Å². The number of ether oxygens (including phenoxy) is 1. The van der Waals surface area contributed by atoms with Crippen LogP contribution in [0.2, 0.25) is 0 Å². The molecule has 0 radical (unpaired) electrons. The fourth-order valence-corrected chi connectivity index (χ4v) is 2.70. The average Bonchev–Trinajstić information content (AvgIpc) is 2.74. The van der Waals surface area contributed by atoms with Crippen LogP contribution in [0.25, 0.3) is 11.5 Å². The Hall–Kier alpha value is -1.45. The van der Waals surface area contributed by atoms with Gasteiger partial charge in [0.05, 0.1) is 6.61 Å². The van der Waals surface area contributed by atoms with Gasteiger partial charge in [0.2, 0.25) is 0 Å². The van der Waals surface area contributed by atoms with Crippen molar-refractivity contribution in [2.24, 2.45) is 0 Å². The first kappa shape index (κ1) is 14.5. The number of H-pyrrole nitrogens is 1. The summed E-state index contributed by atoms with van der Waals surface area (Å²) < 4.78 is 5.74. The summed E-state index contributed by atoms with van der Waals surface area (Å²) in [7, 11) is 0. The smallest absolute Gasteiger partial charge is 0.157 e. The number of nitrogens with zero attached hydrogens (tertiary/aromatic N) is 2. The van der Waals surface area contributed by atoms with E-state index in [1.807, 2.05) is 6.92 Å². The molecule has 1 fully saturated rings. The molecule has 0 aromatic carbocycles. The molecular formula is C13H15N3O4S. The van der Waals surface area contributed by atoms with Crippen molar-refractivity contribution >= 4 is 12.2 Å². The minimum absolute atomic E-state index is 0.265. The normalized spacial score (nSPS) is 29.1. The van der Waals surface area contributed by atoms with E-state index in [9.17, 15) is 10.2 Å². The molecule has 3 heterocycles. The molecule has 8 heteroatoms. The van der Waals surface area contributed by atoms with Crippen LogP contribution in [0.1, 0.15) is 17.4 Å². The minimum atomic E-state index is -1.17. The van der Waals surface area contributed by atoms with Crippen LogP contribution in [0.5, 0.6) is 0 Å². The third-order valence-electron chi connectivity index (χ3n) is 3.56. The molecule has 4 N–H and O–H groups in total. The first-order valence-electron chi connectivity index (χ1n) is 6.50. The van der Waals surface area contributed by atoms with Crippen LogP contribution < -0.4 is 0 Å². The Kier molecular flexibility index (Phi) is 3.72. The molecule has 1 unspecified atom stereocenters. The third kappa shape index (κ3) is 2.45. The van der Waals surface area contributed by atoms with Crippen molar-refractivity contribution in [1.29, 1.82) is 0 Å². The van der Waals surface area contributed by atoms with Crippen LogP contribution in [0.3, 0.4) is 0 Å². The number of aliphatic hydroxyl groups excluding tert-OH is 3. The van der Waals surface area contributed by atoms with Crippen molar-refractivity contribution in [3.05, 3.63) is 28.2 Å². The lowest BCUT2D eigenvalue weighted by Gasteiger charge is -2.16. The van der Waals surface area contributed by atoms with Gasteiger partial charge in [0.1, 0.15) is 34.8 Å². The predicted octanol–water partition coefficient (Wildman–Crippen LogP) is 0.101. The summed E-state index contributed by atoms with van der Waals surface area (Å²) in [5.41, 5.74) is 1.91. The Bertz CT molecular complexity index is 692. The van der Waals surface area contributed by atoms with Crippen LogP contribution in [-0.2, 0) is 4.74 Å². The molecule has 0 spiro atoms. The number of hydrogen-bond acceptors (Lipinski definition) is 7. The monoisotopic (exact) mass is 309 g/mol. The van der Waals surface area contributed by atoms with Crippen molar-refractivity contribution in [2.45, 2.75) is 31.3 Å². The fraction of sp³-hybridized carbons (Fsp3) is 0.462. The quantitative estimate of drug-likeness (QED) is 0.582. The highest BCUT2D eigenvalue weighted by atomic mass is 32.1. The van der Waals surface area contributed by atoms with E-state index in [-0.39, 0.29) is 11.2 Å². The van der Waals surface area contributed by atoms with Crippen LogP contribution >= 0.6 is 12.2 Å². The summed E-state index contributed by atoms with van der Waals surface area (Å²) >= 11 is 5.23. The maximum Gasteiger partial charge on any atom is 0.157 e. The molecule has 0 saturated carbocycles. The van der Waals surface area contributed by atoms with E-state index in [0.717, 1.165) is 5.69 Å². The Morgan fingerprint density at radius 3 is 2.81 bits per heavy atom. The first-order chi connectivity index (χ1) is 10.0. The van der Waals surface area contributed by atoms with Gasteiger partial charge in [-0.2, -0.15) is 0 Å². The van der Waals surface area contributed by atoms with Gasteiger partial charge >= 0.3 is 0 Å². The van der Waals surface area contributed by atoms with E-state index in [4.69, 9.17) is 22.1 Å². The van der Waals surface area contributed by atoms with E-state index in [0.29, 0.717) is 17.1 Å². The zero-order valence-electron chi connectivity index (χ0n) is 11.2. The van der Waals surface area contributed by atoms with Crippen LogP contribution in [-0.4, -0.2) is 55.2 Å². The van der Waals surface area contributed by atoms with Crippen molar-refractivity contribution in [3.63, 3.8) is 0 Å². The van der Waals surface area contributed by atoms with E-state index >= 15 is 0 Å². The van der Waals surface area contributed by atoms with Gasteiger partial charge in [-0.05, 0) is 13.0 Å². The number of fused-ring (bicyclic) bond motifs is 1. The van der Waals surface area contributed by atoms with Gasteiger partial charge in [-0.3, -0.25) is 4.98 Å². The van der Waals surface area contributed by atoms with Gasteiger partial charge in [-0.25, -0.2) is 4.98 Å². The highest BCUT2D eigenvalue weighted by Crippen LogP contribution is 2.35. The lowest BCUT2D eigenvalue weighted by atomic mass is 10.0. The Balaban J connectivity index is 2.06. The van der Waals surface area contributed by atoms with Crippen LogP contribution in [0, 0.1) is 11.6 Å². The number of aliphatic hydroxyl groups is 3. The summed E-state index contributed by atoms with van der Waals surface area (Å²) in [5, 5.41) is 29.0. The lowest BCUT2D eigenvalue weighted by molar-refractivity contribution is -0.0229. The highest BCUT2D eigenvalue weighted by Gasteiger charge is 2.43. The molecular weight excluding hydrogens is 294 g/mol. The minimum Gasteiger partial charge on any atom is -0.394 e. The average molecular weight is 309 g/mol. The molecule has 0 aliphatic carbocycles. The number of rotatable bonds is 2. The molecule has 0 aromatic heterocycles. The molecule has 0 aromatic rings. The number of nitrogens with one attached hydrogen (secondary N) is 1. The van der Waals surface area contributed by atoms with Crippen LogP contribution in [0.15, 0.2) is 12.3 Å². The SMILES string of the molecule is Cc1cnc2cc([C@@H]3O[C@H](CO)C(O)[C@@H]3O)c(=S)nc-2[nH]1. The van der Waals surface area contributed by atoms with Gasteiger partial charge in [0, 0.05) is 17.5 Å². The second-order valence-corrected chi connectivity index (χ2v) is 5.46. The maximum atomic E-state index is 10.1. The zero-order chi connectivity index (χ0) is 15.1. The Morgan fingerprint density at radius 2 is 2.14 bits per heavy atom. The first-order valence-corrected chi connectivity index (χ1v) is 6.91. The van der Waals surface area contributed by atoms with Gasteiger partial charge in [0.15, 0.2) is 5.82 Å². The molecule has 3 aliphatic rings. The molecule has 3 rings (SSSR count). The zero-order valence-corrected chi connectivity index (χ0v) is 12.0. The number of hydrogen-bond donors (Lipinski definition) is 4. The van der Waals surface area contributed by atoms with Gasteiger partial charge in [0.25, 0.3) is 0 Å². The van der Waals surface area contributed by atoms with E-state index in [1.54, 1.807) is 12.3 Å². The number of aromatic nitrogens is 3. The number of aryl methyl sites for hydroxylation is 1. The van der Waals surface area contributed by atoms with E-state index in [1.165, 1.54) is 0 Å². The van der Waals surface area contributed by atoms with Crippen LogP contribution in [0.4, 0.5) is 0 Å². The largest absolute Gasteiger partial charge is 0.394 e. The lowest BCUT2D eigenvalue weighted by Crippen LogP contribution is -2.32. The topological polar surface area (TPSA) is 111 Å². The van der Waals surface area contributed by atoms with Gasteiger partial charge in [-0.1, -0.05) is 12.2 Å². The number of aromatic amines is 1. The Labute approximate surface area is 125 Å². The second-order valence-electron chi connectivity index (χ2n) is 5.08. The van der Waals surface area contributed by atoms with Crippen molar-refractivity contribution in [2.75, 3.05) is 6.61 Å². The second kappa shape index (κ2) is 5.39. The summed E-state index contributed by atoms with van der Waals surface area (Å²) in [6.45, 7) is 1.48. The molecule has 4 atom stereocenters. The van der Waals surface area contributed by atoms with Crippen molar-refractivity contribution < 1.29 is 20.1 Å². The van der Waals surface area contributed by atoms with Gasteiger partial charge < -0.3 is 25.0 Å². The van der Waals surface area contributed by atoms with Gasteiger partial charge in [-0.15, -0.1) is 0 Å². The van der Waals surface area contributed by atoms with Crippen molar-refractivity contribution in [3.8, 4) is 11.5 Å². The summed E-state index contributed by atoms with van der Waals surface area (Å²) in [5.74, 6) is 0.551. The third-order valence-corrected chi connectivity index (χ3v) is 3.88. The molecule has 21 heavy (non-hydrogen) atoms. The number of pyridine rings is 1. The van der Waals surface area contributed by atoms with Crippen molar-refractivity contribution in [1.82, 2.24) is 15.0 Å². The summed E-state index contributed by atoms with van der Waals surface area (Å²) in [6, 6.07) is 1.68. The molecule has 1 saturated heterocycles. The Morgan fingerprint density at radius 1 is 1.38 bits per heavy atom. The standard InChI is InChI=1S/C13H15N3O4S/c1-5-3-14-7-2-6(13(21)16-12(7)15-5)11-10(19)9(18)8(4-17)20-11/h2-3,8-11,17-19H,4H2,1H3,(H,15,16,21)/t8-,9?,10+,11+/m1/s1. The maximum absolute atomic E-state index is 10.1. The van der Waals surface area contributed by atoms with E-state index < -0.39 is 24.4 Å².